The molecule has 0 saturated carbocycles. The van der Waals surface area contributed by atoms with Crippen molar-refractivity contribution >= 4 is 5.91 Å². The van der Waals surface area contributed by atoms with Crippen LogP contribution >= 0.6 is 0 Å². The van der Waals surface area contributed by atoms with Crippen molar-refractivity contribution in [1.82, 2.24) is 10.2 Å². The fourth-order valence-corrected chi connectivity index (χ4v) is 2.14. The standard InChI is InChI=1S/C12H24N2O/c1-5-13-10(2)8-11(15)14-7-6-12(3,4)9-14/h10,13H,5-9H2,1-4H3. The van der Waals surface area contributed by atoms with Gasteiger partial charge in [-0.3, -0.25) is 4.79 Å². The summed E-state index contributed by atoms with van der Waals surface area (Å²) in [5, 5.41) is 3.27. The van der Waals surface area contributed by atoms with Gasteiger partial charge in [-0.1, -0.05) is 20.8 Å². The zero-order chi connectivity index (χ0) is 11.5. The molecule has 1 aliphatic heterocycles. The maximum atomic E-state index is 11.9. The number of hydrogen-bond acceptors (Lipinski definition) is 2. The second kappa shape index (κ2) is 4.97. The van der Waals surface area contributed by atoms with E-state index in [4.69, 9.17) is 0 Å². The first-order chi connectivity index (χ1) is 6.94. The summed E-state index contributed by atoms with van der Waals surface area (Å²) in [6.45, 7) is 11.4. The van der Waals surface area contributed by atoms with E-state index in [0.717, 1.165) is 26.1 Å². The quantitative estimate of drug-likeness (QED) is 0.768. The molecular formula is C12H24N2O. The van der Waals surface area contributed by atoms with E-state index in [-0.39, 0.29) is 0 Å². The second-order valence-electron chi connectivity index (χ2n) is 5.39. The van der Waals surface area contributed by atoms with Crippen LogP contribution in [0.15, 0.2) is 0 Å². The van der Waals surface area contributed by atoms with Crippen LogP contribution in [-0.2, 0) is 4.79 Å². The monoisotopic (exact) mass is 212 g/mol. The highest BCUT2D eigenvalue weighted by Crippen LogP contribution is 2.29. The molecule has 1 heterocycles. The molecule has 0 aliphatic carbocycles. The summed E-state index contributed by atoms with van der Waals surface area (Å²) in [5.41, 5.74) is 0.317. The van der Waals surface area contributed by atoms with Crippen LogP contribution in [0.5, 0.6) is 0 Å². The molecule has 1 atom stereocenters. The van der Waals surface area contributed by atoms with Crippen molar-refractivity contribution in [3.8, 4) is 0 Å². The normalized spacial score (nSPS) is 21.7. The summed E-state index contributed by atoms with van der Waals surface area (Å²) < 4.78 is 0. The molecule has 15 heavy (non-hydrogen) atoms. The smallest absolute Gasteiger partial charge is 0.224 e. The average molecular weight is 212 g/mol. The third-order valence-corrected chi connectivity index (χ3v) is 3.06. The molecule has 1 saturated heterocycles. The summed E-state index contributed by atoms with van der Waals surface area (Å²) in [6.07, 6.45) is 1.76. The molecule has 1 N–H and O–H groups in total. The van der Waals surface area contributed by atoms with Crippen LogP contribution in [0.4, 0.5) is 0 Å². The van der Waals surface area contributed by atoms with E-state index < -0.39 is 0 Å². The van der Waals surface area contributed by atoms with Crippen molar-refractivity contribution in [3.05, 3.63) is 0 Å². The highest BCUT2D eigenvalue weighted by atomic mass is 16.2. The highest BCUT2D eigenvalue weighted by molar-refractivity contribution is 5.77. The topological polar surface area (TPSA) is 32.3 Å². The second-order valence-corrected chi connectivity index (χ2v) is 5.39. The van der Waals surface area contributed by atoms with E-state index in [1.807, 2.05) is 4.90 Å². The summed E-state index contributed by atoms with van der Waals surface area (Å²) in [5.74, 6) is 0.300. The van der Waals surface area contributed by atoms with Crippen LogP contribution in [0, 0.1) is 5.41 Å². The number of hydrogen-bond donors (Lipinski definition) is 1. The van der Waals surface area contributed by atoms with Crippen molar-refractivity contribution in [1.29, 1.82) is 0 Å². The van der Waals surface area contributed by atoms with E-state index in [2.05, 4.69) is 33.0 Å². The average Bonchev–Trinajstić information content (AvgIpc) is 2.46. The lowest BCUT2D eigenvalue weighted by molar-refractivity contribution is -0.130. The van der Waals surface area contributed by atoms with Gasteiger partial charge in [-0.25, -0.2) is 0 Å². The van der Waals surface area contributed by atoms with Gasteiger partial charge < -0.3 is 10.2 Å². The molecule has 0 spiro atoms. The SMILES string of the molecule is CCNC(C)CC(=O)N1CCC(C)(C)C1. The van der Waals surface area contributed by atoms with Gasteiger partial charge in [0.15, 0.2) is 0 Å². The Morgan fingerprint density at radius 2 is 2.20 bits per heavy atom. The number of likely N-dealkylation sites (tertiary alicyclic amines) is 1. The molecule has 0 radical (unpaired) electrons. The molecule has 3 heteroatoms. The predicted molar refractivity (Wildman–Crippen MR) is 62.7 cm³/mol. The van der Waals surface area contributed by atoms with Gasteiger partial charge in [0.1, 0.15) is 0 Å². The van der Waals surface area contributed by atoms with Crippen molar-refractivity contribution in [2.24, 2.45) is 5.41 Å². The molecule has 1 rings (SSSR count). The van der Waals surface area contributed by atoms with Crippen molar-refractivity contribution < 1.29 is 4.79 Å². The van der Waals surface area contributed by atoms with E-state index in [1.165, 1.54) is 0 Å². The Morgan fingerprint density at radius 3 is 2.67 bits per heavy atom. The Morgan fingerprint density at radius 1 is 1.53 bits per heavy atom. The van der Waals surface area contributed by atoms with Crippen LogP contribution in [0.2, 0.25) is 0 Å². The maximum absolute atomic E-state index is 11.9. The first-order valence-corrected chi connectivity index (χ1v) is 5.96. The van der Waals surface area contributed by atoms with Crippen LogP contribution in [0.3, 0.4) is 0 Å². The lowest BCUT2D eigenvalue weighted by atomic mass is 9.93. The van der Waals surface area contributed by atoms with Gasteiger partial charge in [-0.05, 0) is 25.3 Å². The largest absolute Gasteiger partial charge is 0.342 e. The zero-order valence-corrected chi connectivity index (χ0v) is 10.5. The van der Waals surface area contributed by atoms with Crippen LogP contribution < -0.4 is 5.32 Å². The highest BCUT2D eigenvalue weighted by Gasteiger charge is 2.31. The van der Waals surface area contributed by atoms with Gasteiger partial charge in [0.05, 0.1) is 0 Å². The molecule has 0 aromatic carbocycles. The molecule has 1 unspecified atom stereocenters. The molecule has 0 aromatic heterocycles. The molecule has 3 nitrogen and oxygen atoms in total. The maximum Gasteiger partial charge on any atom is 0.224 e. The fourth-order valence-electron chi connectivity index (χ4n) is 2.14. The van der Waals surface area contributed by atoms with E-state index in [0.29, 0.717) is 23.8 Å². The number of rotatable bonds is 4. The Bertz CT molecular complexity index is 226. The molecule has 1 amide bonds. The number of amides is 1. The van der Waals surface area contributed by atoms with Crippen molar-refractivity contribution in [3.63, 3.8) is 0 Å². The minimum atomic E-state index is 0.297. The fraction of sp³-hybridized carbons (Fsp3) is 0.917. The summed E-state index contributed by atoms with van der Waals surface area (Å²) in [4.78, 5) is 13.9. The lowest BCUT2D eigenvalue weighted by Crippen LogP contribution is -2.36. The van der Waals surface area contributed by atoms with Gasteiger partial charge in [0.25, 0.3) is 0 Å². The van der Waals surface area contributed by atoms with E-state index in [1.54, 1.807) is 0 Å². The number of nitrogens with one attached hydrogen (secondary N) is 1. The van der Waals surface area contributed by atoms with E-state index in [9.17, 15) is 4.79 Å². The summed E-state index contributed by atoms with van der Waals surface area (Å²) in [7, 11) is 0. The van der Waals surface area contributed by atoms with E-state index >= 15 is 0 Å². The molecular weight excluding hydrogens is 188 g/mol. The van der Waals surface area contributed by atoms with Gasteiger partial charge in [0, 0.05) is 25.6 Å². The van der Waals surface area contributed by atoms with Crippen LogP contribution in [0.25, 0.3) is 0 Å². The minimum absolute atomic E-state index is 0.297. The Labute approximate surface area is 93.2 Å². The summed E-state index contributed by atoms with van der Waals surface area (Å²) >= 11 is 0. The third-order valence-electron chi connectivity index (χ3n) is 3.06. The summed E-state index contributed by atoms with van der Waals surface area (Å²) in [6, 6.07) is 0.297. The number of carbonyl (C=O) groups excluding carboxylic acids is 1. The Hall–Kier alpha value is -0.570. The lowest BCUT2D eigenvalue weighted by Gasteiger charge is -2.21. The van der Waals surface area contributed by atoms with Crippen molar-refractivity contribution in [2.75, 3.05) is 19.6 Å². The number of carbonyl (C=O) groups is 1. The molecule has 0 bridgehead atoms. The zero-order valence-electron chi connectivity index (χ0n) is 10.5. The first kappa shape index (κ1) is 12.5. The minimum Gasteiger partial charge on any atom is -0.342 e. The molecule has 0 aromatic rings. The molecule has 1 aliphatic rings. The third kappa shape index (κ3) is 3.82. The van der Waals surface area contributed by atoms with Crippen molar-refractivity contribution in [2.45, 2.75) is 46.6 Å². The van der Waals surface area contributed by atoms with Gasteiger partial charge in [0.2, 0.25) is 5.91 Å². The Kier molecular flexibility index (Phi) is 4.14. The predicted octanol–water partition coefficient (Wildman–Crippen LogP) is 1.63. The van der Waals surface area contributed by atoms with Crippen LogP contribution in [0.1, 0.15) is 40.5 Å². The van der Waals surface area contributed by atoms with Gasteiger partial charge >= 0.3 is 0 Å². The van der Waals surface area contributed by atoms with Crippen LogP contribution in [-0.4, -0.2) is 36.5 Å². The number of nitrogens with zero attached hydrogens (tertiary/aromatic N) is 1. The van der Waals surface area contributed by atoms with Gasteiger partial charge in [-0.15, -0.1) is 0 Å². The van der Waals surface area contributed by atoms with Gasteiger partial charge in [-0.2, -0.15) is 0 Å². The molecule has 1 fully saturated rings. The Balaban J connectivity index is 2.35. The molecule has 88 valence electrons. The first-order valence-electron chi connectivity index (χ1n) is 5.96.